The third kappa shape index (κ3) is 3.77. The van der Waals surface area contributed by atoms with Gasteiger partial charge in [0.2, 0.25) is 10.0 Å². The maximum Gasteiger partial charge on any atom is 0.214 e. The fourth-order valence-electron chi connectivity index (χ4n) is 4.75. The molecule has 0 amide bonds. The highest BCUT2D eigenvalue weighted by Gasteiger charge is 2.42. The second-order valence-electron chi connectivity index (χ2n) is 9.01. The summed E-state index contributed by atoms with van der Waals surface area (Å²) in [6.45, 7) is 7.90. The van der Waals surface area contributed by atoms with Crippen LogP contribution in [0.2, 0.25) is 0 Å². The van der Waals surface area contributed by atoms with Gasteiger partial charge in [-0.25, -0.2) is 18.1 Å². The molecule has 2 unspecified atom stereocenters. The first kappa shape index (κ1) is 19.6. The first-order valence-electron chi connectivity index (χ1n) is 10.4. The molecule has 2 atom stereocenters. The van der Waals surface area contributed by atoms with Crippen molar-refractivity contribution >= 4 is 21.4 Å². The van der Waals surface area contributed by atoms with E-state index in [-0.39, 0.29) is 11.5 Å². The van der Waals surface area contributed by atoms with Gasteiger partial charge >= 0.3 is 0 Å². The summed E-state index contributed by atoms with van der Waals surface area (Å²) in [6.07, 6.45) is 9.43. The van der Waals surface area contributed by atoms with E-state index < -0.39 is 15.3 Å². The molecule has 1 saturated carbocycles. The summed E-state index contributed by atoms with van der Waals surface area (Å²) in [4.78, 5) is 7.31. The van der Waals surface area contributed by atoms with E-state index in [4.69, 9.17) is 4.98 Å². The van der Waals surface area contributed by atoms with E-state index in [0.29, 0.717) is 0 Å². The van der Waals surface area contributed by atoms with Gasteiger partial charge in [0.05, 0.1) is 10.9 Å². The Kier molecular flexibility index (Phi) is 5.12. The molecule has 2 heterocycles. The Morgan fingerprint density at radius 3 is 2.68 bits per heavy atom. The summed E-state index contributed by atoms with van der Waals surface area (Å²) in [5, 5.41) is -0.400. The lowest BCUT2D eigenvalue weighted by atomic mass is 9.75. The molecular formula is C22H31N3O2S. The van der Waals surface area contributed by atoms with Gasteiger partial charge in [0.1, 0.15) is 5.82 Å². The summed E-state index contributed by atoms with van der Waals surface area (Å²) < 4.78 is 27.5. The Balaban J connectivity index is 1.51. The van der Waals surface area contributed by atoms with Gasteiger partial charge in [-0.1, -0.05) is 30.7 Å². The molecular weight excluding hydrogens is 370 g/mol. The maximum atomic E-state index is 12.3. The maximum absolute atomic E-state index is 12.3. The number of allylic oxidation sites excluding steroid dienone is 3. The van der Waals surface area contributed by atoms with Gasteiger partial charge in [0.25, 0.3) is 0 Å². The van der Waals surface area contributed by atoms with Crippen LogP contribution in [0.4, 0.5) is 5.82 Å². The second-order valence-corrected chi connectivity index (χ2v) is 11.3. The molecule has 2 aliphatic carbocycles. The van der Waals surface area contributed by atoms with E-state index in [0.717, 1.165) is 43.9 Å². The molecule has 1 N–H and O–H groups in total. The van der Waals surface area contributed by atoms with Crippen molar-refractivity contribution in [1.82, 2.24) is 9.71 Å². The fourth-order valence-corrected chi connectivity index (χ4v) is 5.65. The predicted octanol–water partition coefficient (Wildman–Crippen LogP) is 3.89. The summed E-state index contributed by atoms with van der Waals surface area (Å²) in [5.41, 5.74) is 3.65. The van der Waals surface area contributed by atoms with Crippen LogP contribution >= 0.6 is 0 Å². The first-order valence-corrected chi connectivity index (χ1v) is 12.0. The normalized spacial score (nSPS) is 27.7. The van der Waals surface area contributed by atoms with E-state index in [2.05, 4.69) is 46.9 Å². The average molecular weight is 402 g/mol. The largest absolute Gasteiger partial charge is 0.357 e. The van der Waals surface area contributed by atoms with Gasteiger partial charge in [-0.05, 0) is 69.1 Å². The zero-order valence-corrected chi connectivity index (χ0v) is 17.9. The van der Waals surface area contributed by atoms with E-state index in [9.17, 15) is 8.42 Å². The molecule has 0 aromatic carbocycles. The summed E-state index contributed by atoms with van der Waals surface area (Å²) in [7, 11) is -3.24. The zero-order chi connectivity index (χ0) is 19.9. The molecule has 1 aliphatic heterocycles. The van der Waals surface area contributed by atoms with E-state index in [1.54, 1.807) is 13.8 Å². The number of sulfonamides is 1. The van der Waals surface area contributed by atoms with Gasteiger partial charge < -0.3 is 4.90 Å². The minimum Gasteiger partial charge on any atom is -0.357 e. The Morgan fingerprint density at radius 2 is 1.96 bits per heavy atom. The molecule has 0 radical (unpaired) electrons. The van der Waals surface area contributed by atoms with Crippen LogP contribution in [0.5, 0.6) is 0 Å². The third-order valence-electron chi connectivity index (χ3n) is 6.45. The molecule has 3 aliphatic rings. The number of hydrogen-bond acceptors (Lipinski definition) is 4. The Hall–Kier alpha value is -1.66. The molecule has 1 saturated heterocycles. The molecule has 2 fully saturated rings. The molecule has 6 heteroatoms. The number of aromatic nitrogens is 1. The van der Waals surface area contributed by atoms with Gasteiger partial charge in [0.15, 0.2) is 0 Å². The smallest absolute Gasteiger partial charge is 0.214 e. The van der Waals surface area contributed by atoms with Crippen molar-refractivity contribution in [2.75, 3.05) is 18.0 Å². The van der Waals surface area contributed by atoms with Gasteiger partial charge in [-0.15, -0.1) is 0 Å². The molecule has 4 rings (SSSR count). The molecule has 0 spiro atoms. The third-order valence-corrected chi connectivity index (χ3v) is 8.35. The summed E-state index contributed by atoms with van der Waals surface area (Å²) in [6, 6.07) is 6.29. The number of hydrogen-bond donors (Lipinski definition) is 1. The average Bonchev–Trinajstić information content (AvgIpc) is 3.27. The van der Waals surface area contributed by atoms with Crippen LogP contribution in [0, 0.1) is 5.41 Å². The lowest BCUT2D eigenvalue weighted by Crippen LogP contribution is -2.38. The summed E-state index contributed by atoms with van der Waals surface area (Å²) >= 11 is 0. The zero-order valence-electron chi connectivity index (χ0n) is 17.1. The van der Waals surface area contributed by atoms with Crippen LogP contribution in [-0.4, -0.2) is 37.8 Å². The van der Waals surface area contributed by atoms with Gasteiger partial charge in [-0.3, -0.25) is 0 Å². The van der Waals surface area contributed by atoms with Gasteiger partial charge in [0, 0.05) is 19.1 Å². The topological polar surface area (TPSA) is 62.3 Å². The quantitative estimate of drug-likeness (QED) is 0.813. The van der Waals surface area contributed by atoms with E-state index >= 15 is 0 Å². The molecule has 1 aromatic heterocycles. The van der Waals surface area contributed by atoms with Crippen molar-refractivity contribution in [2.45, 2.75) is 64.2 Å². The Labute approximate surface area is 169 Å². The number of nitrogens with one attached hydrogen (secondary N) is 1. The van der Waals surface area contributed by atoms with Crippen LogP contribution in [0.1, 0.15) is 58.6 Å². The van der Waals surface area contributed by atoms with E-state index in [1.165, 1.54) is 24.0 Å². The van der Waals surface area contributed by atoms with Gasteiger partial charge in [-0.2, -0.15) is 0 Å². The lowest BCUT2D eigenvalue weighted by molar-refractivity contribution is 0.396. The minimum atomic E-state index is -3.24. The van der Waals surface area contributed by atoms with Crippen LogP contribution < -0.4 is 9.62 Å². The monoisotopic (exact) mass is 401 g/mol. The SMILES string of the molecule is CC(C)S(=O)(=O)NC1CC2=CC=C(c3cccc(N4CCCC4)n3)CC2(C)C1. The van der Waals surface area contributed by atoms with Crippen molar-refractivity contribution < 1.29 is 8.42 Å². The fraction of sp³-hybridized carbons (Fsp3) is 0.591. The molecule has 152 valence electrons. The Morgan fingerprint density at radius 1 is 1.21 bits per heavy atom. The summed E-state index contributed by atoms with van der Waals surface area (Å²) in [5.74, 6) is 1.07. The first-order chi connectivity index (χ1) is 13.3. The van der Waals surface area contributed by atoms with Crippen molar-refractivity contribution in [3.05, 3.63) is 41.6 Å². The highest BCUT2D eigenvalue weighted by atomic mass is 32.2. The van der Waals surface area contributed by atoms with Crippen molar-refractivity contribution in [3.63, 3.8) is 0 Å². The number of rotatable bonds is 5. The second kappa shape index (κ2) is 7.30. The predicted molar refractivity (Wildman–Crippen MR) is 115 cm³/mol. The molecule has 5 nitrogen and oxygen atoms in total. The highest BCUT2D eigenvalue weighted by Crippen LogP contribution is 2.51. The van der Waals surface area contributed by atoms with Crippen molar-refractivity contribution in [3.8, 4) is 0 Å². The number of nitrogens with zero attached hydrogens (tertiary/aromatic N) is 2. The lowest BCUT2D eigenvalue weighted by Gasteiger charge is -2.30. The van der Waals surface area contributed by atoms with Crippen LogP contribution in [0.25, 0.3) is 5.57 Å². The molecule has 1 aromatic rings. The minimum absolute atomic E-state index is 0.000418. The van der Waals surface area contributed by atoms with Crippen molar-refractivity contribution in [1.29, 1.82) is 0 Å². The van der Waals surface area contributed by atoms with Crippen molar-refractivity contribution in [2.24, 2.45) is 5.41 Å². The number of anilines is 1. The number of fused-ring (bicyclic) bond motifs is 1. The highest BCUT2D eigenvalue weighted by molar-refractivity contribution is 7.90. The molecule has 0 bridgehead atoms. The van der Waals surface area contributed by atoms with Crippen LogP contribution in [-0.2, 0) is 10.0 Å². The van der Waals surface area contributed by atoms with E-state index in [1.807, 2.05) is 0 Å². The van der Waals surface area contributed by atoms with Crippen LogP contribution in [0.15, 0.2) is 35.9 Å². The van der Waals surface area contributed by atoms with Crippen LogP contribution in [0.3, 0.4) is 0 Å². The Bertz CT molecular complexity index is 913. The number of pyridine rings is 1. The molecule has 28 heavy (non-hydrogen) atoms. The standard InChI is InChI=1S/C22H31N3O2S/c1-16(2)28(26,27)24-19-13-18-10-9-17(14-22(18,3)15-19)20-7-6-8-21(23-20)25-11-4-5-12-25/h6-10,16,19,24H,4-5,11-15H2,1-3H3.